The summed E-state index contributed by atoms with van der Waals surface area (Å²) in [6.45, 7) is 0.907. The molecule has 0 bridgehead atoms. The third-order valence-electron chi connectivity index (χ3n) is 4.25. The Morgan fingerprint density at radius 1 is 1.04 bits per heavy atom. The van der Waals surface area contributed by atoms with Crippen LogP contribution in [0.5, 0.6) is 11.5 Å². The highest BCUT2D eigenvalue weighted by molar-refractivity contribution is 5.91. The lowest BCUT2D eigenvalue weighted by molar-refractivity contribution is -0.870. The second kappa shape index (κ2) is 9.45. The molecule has 0 radical (unpaired) electrons. The maximum atomic E-state index is 12.6. The number of ether oxygens (including phenoxy) is 2. The summed E-state index contributed by atoms with van der Waals surface area (Å²) in [6.07, 6.45) is -3.66. The molecule has 0 saturated heterocycles. The first-order valence-electron chi connectivity index (χ1n) is 8.72. The first-order valence-corrected chi connectivity index (χ1v) is 8.72. The fourth-order valence-corrected chi connectivity index (χ4v) is 2.70. The molecule has 2 N–H and O–H groups in total. The second-order valence-corrected chi connectivity index (χ2v) is 6.45. The molecule has 2 aromatic rings. The van der Waals surface area contributed by atoms with Gasteiger partial charge in [-0.15, -0.1) is 0 Å². The van der Waals surface area contributed by atoms with E-state index < -0.39 is 11.7 Å². The number of anilines is 1. The summed E-state index contributed by atoms with van der Waals surface area (Å²) in [6, 6.07) is 10.1. The van der Waals surface area contributed by atoms with Gasteiger partial charge in [0.05, 0.1) is 33.4 Å². The Bertz CT molecular complexity index is 792. The largest absolute Gasteiger partial charge is 0.493 e. The maximum absolute atomic E-state index is 12.6. The van der Waals surface area contributed by atoms with Crippen LogP contribution in [0, 0.1) is 0 Å². The number of hydrogen-bond acceptors (Lipinski definition) is 3. The average molecular weight is 397 g/mol. The van der Waals surface area contributed by atoms with Gasteiger partial charge in [0, 0.05) is 12.1 Å². The van der Waals surface area contributed by atoms with E-state index in [0.717, 1.165) is 29.0 Å². The normalized spacial score (nSPS) is 12.4. The fourth-order valence-electron chi connectivity index (χ4n) is 2.70. The van der Waals surface area contributed by atoms with E-state index in [4.69, 9.17) is 9.47 Å². The zero-order chi connectivity index (χ0) is 20.7. The quantitative estimate of drug-likeness (QED) is 0.720. The molecule has 0 aliphatic heterocycles. The molecular formula is C20H24F3N2O3+. The van der Waals surface area contributed by atoms with Crippen molar-refractivity contribution < 1.29 is 32.3 Å². The number of methoxy groups -OCH3 is 2. The van der Waals surface area contributed by atoms with Gasteiger partial charge in [0.2, 0.25) is 0 Å². The lowest BCUT2D eigenvalue weighted by Crippen LogP contribution is -3.10. The van der Waals surface area contributed by atoms with E-state index in [1.807, 2.05) is 25.2 Å². The number of amides is 1. The van der Waals surface area contributed by atoms with Gasteiger partial charge in [0.25, 0.3) is 5.91 Å². The van der Waals surface area contributed by atoms with E-state index >= 15 is 0 Å². The van der Waals surface area contributed by atoms with Crippen molar-refractivity contribution >= 4 is 11.6 Å². The van der Waals surface area contributed by atoms with Gasteiger partial charge in [-0.3, -0.25) is 4.79 Å². The van der Waals surface area contributed by atoms with Crippen LogP contribution in [0.25, 0.3) is 0 Å². The summed E-state index contributed by atoms with van der Waals surface area (Å²) in [4.78, 5) is 13.1. The van der Waals surface area contributed by atoms with Crippen LogP contribution in [0.2, 0.25) is 0 Å². The summed E-state index contributed by atoms with van der Waals surface area (Å²) in [5, 5.41) is 2.62. The predicted molar refractivity (Wildman–Crippen MR) is 99.9 cm³/mol. The topological polar surface area (TPSA) is 52.0 Å². The van der Waals surface area contributed by atoms with E-state index in [0.29, 0.717) is 23.7 Å². The third kappa shape index (κ3) is 6.16. The maximum Gasteiger partial charge on any atom is 0.416 e. The minimum Gasteiger partial charge on any atom is -0.493 e. The Balaban J connectivity index is 1.84. The number of benzene rings is 2. The number of likely N-dealkylation sites (N-methyl/N-ethyl adjacent to an activating group) is 1. The van der Waals surface area contributed by atoms with Crippen LogP contribution in [0.4, 0.5) is 18.9 Å². The van der Waals surface area contributed by atoms with Crippen molar-refractivity contribution in [3.05, 3.63) is 53.6 Å². The first kappa shape index (κ1) is 21.6. The van der Waals surface area contributed by atoms with E-state index in [2.05, 4.69) is 5.32 Å². The van der Waals surface area contributed by atoms with Crippen molar-refractivity contribution in [3.63, 3.8) is 0 Å². The van der Waals surface area contributed by atoms with Gasteiger partial charge >= 0.3 is 6.18 Å². The van der Waals surface area contributed by atoms with Crippen molar-refractivity contribution in [2.24, 2.45) is 0 Å². The molecule has 8 heteroatoms. The molecule has 1 unspecified atom stereocenters. The molecule has 2 rings (SSSR count). The van der Waals surface area contributed by atoms with Crippen molar-refractivity contribution in [1.82, 2.24) is 0 Å². The van der Waals surface area contributed by atoms with Crippen LogP contribution in [-0.2, 0) is 17.4 Å². The average Bonchev–Trinajstić information content (AvgIpc) is 2.65. The Labute approximate surface area is 162 Å². The number of nitrogens with one attached hydrogen (secondary N) is 2. The molecule has 1 amide bonds. The lowest BCUT2D eigenvalue weighted by atomic mass is 10.1. The van der Waals surface area contributed by atoms with Crippen LogP contribution >= 0.6 is 0 Å². The second-order valence-electron chi connectivity index (χ2n) is 6.45. The van der Waals surface area contributed by atoms with Gasteiger partial charge in [-0.05, 0) is 42.0 Å². The van der Waals surface area contributed by atoms with Gasteiger partial charge in [0.15, 0.2) is 18.0 Å². The van der Waals surface area contributed by atoms with Crippen LogP contribution < -0.4 is 19.7 Å². The van der Waals surface area contributed by atoms with Crippen molar-refractivity contribution in [1.29, 1.82) is 0 Å². The molecular weight excluding hydrogens is 373 g/mol. The molecule has 0 saturated carbocycles. The van der Waals surface area contributed by atoms with Crippen LogP contribution in [0.15, 0.2) is 42.5 Å². The first-order chi connectivity index (χ1) is 13.2. The Morgan fingerprint density at radius 3 is 2.25 bits per heavy atom. The van der Waals surface area contributed by atoms with Crippen LogP contribution in [0.3, 0.4) is 0 Å². The van der Waals surface area contributed by atoms with Gasteiger partial charge in [-0.1, -0.05) is 6.07 Å². The molecule has 0 heterocycles. The zero-order valence-electron chi connectivity index (χ0n) is 16.0. The molecule has 5 nitrogen and oxygen atoms in total. The Morgan fingerprint density at radius 2 is 1.68 bits per heavy atom. The number of alkyl halides is 3. The van der Waals surface area contributed by atoms with Crippen molar-refractivity contribution in [2.75, 3.05) is 39.7 Å². The summed E-state index contributed by atoms with van der Waals surface area (Å²) < 4.78 is 48.2. The zero-order valence-corrected chi connectivity index (χ0v) is 16.0. The highest BCUT2D eigenvalue weighted by atomic mass is 19.4. The predicted octanol–water partition coefficient (Wildman–Crippen LogP) is 2.42. The van der Waals surface area contributed by atoms with Gasteiger partial charge in [-0.25, -0.2) is 0 Å². The van der Waals surface area contributed by atoms with Crippen LogP contribution in [-0.4, -0.2) is 40.3 Å². The van der Waals surface area contributed by atoms with E-state index in [-0.39, 0.29) is 12.5 Å². The smallest absolute Gasteiger partial charge is 0.416 e. The highest BCUT2D eigenvalue weighted by Gasteiger charge is 2.30. The highest BCUT2D eigenvalue weighted by Crippen LogP contribution is 2.30. The molecule has 0 fully saturated rings. The number of rotatable bonds is 8. The summed E-state index contributed by atoms with van der Waals surface area (Å²) >= 11 is 0. The van der Waals surface area contributed by atoms with Gasteiger partial charge < -0.3 is 19.7 Å². The minimum atomic E-state index is -4.39. The third-order valence-corrected chi connectivity index (χ3v) is 4.25. The Kier molecular flexibility index (Phi) is 7.28. The molecule has 0 aliphatic carbocycles. The molecule has 0 spiro atoms. The number of hydrogen-bond donors (Lipinski definition) is 2. The van der Waals surface area contributed by atoms with E-state index in [1.54, 1.807) is 14.2 Å². The summed E-state index contributed by atoms with van der Waals surface area (Å²) in [7, 11) is 5.03. The van der Waals surface area contributed by atoms with E-state index in [1.165, 1.54) is 12.1 Å². The number of halogens is 3. The monoisotopic (exact) mass is 397 g/mol. The summed E-state index contributed by atoms with van der Waals surface area (Å²) in [5.41, 5.74) is 0.647. The SMILES string of the molecule is COc1ccc(CC[NH+](C)CC(=O)Nc2ccc(C(F)(F)F)cc2)cc1OC. The van der Waals surface area contributed by atoms with E-state index in [9.17, 15) is 18.0 Å². The number of carbonyl (C=O) groups is 1. The molecule has 2 aromatic carbocycles. The lowest BCUT2D eigenvalue weighted by Gasteiger charge is -2.15. The minimum absolute atomic E-state index is 0.203. The fraction of sp³-hybridized carbons (Fsp3) is 0.350. The molecule has 28 heavy (non-hydrogen) atoms. The standard InChI is InChI=1S/C20H23F3N2O3/c1-25(11-10-14-4-9-17(27-2)18(12-14)28-3)13-19(26)24-16-7-5-15(6-8-16)20(21,22)23/h4-9,12H,10-11,13H2,1-3H3,(H,24,26)/p+1. The van der Waals surface area contributed by atoms with Gasteiger partial charge in [-0.2, -0.15) is 13.2 Å². The van der Waals surface area contributed by atoms with Crippen molar-refractivity contribution in [2.45, 2.75) is 12.6 Å². The molecule has 152 valence electrons. The summed E-state index contributed by atoms with van der Waals surface area (Å²) in [5.74, 6) is 1.05. The van der Waals surface area contributed by atoms with Crippen LogP contribution in [0.1, 0.15) is 11.1 Å². The Hall–Kier alpha value is -2.74. The molecule has 0 aliphatic rings. The van der Waals surface area contributed by atoms with Crippen molar-refractivity contribution in [3.8, 4) is 11.5 Å². The number of quaternary nitrogens is 1. The van der Waals surface area contributed by atoms with Gasteiger partial charge in [0.1, 0.15) is 0 Å². The number of carbonyl (C=O) groups excluding carboxylic acids is 1. The molecule has 0 aromatic heterocycles. The molecule has 1 atom stereocenters.